The van der Waals surface area contributed by atoms with E-state index in [1.54, 1.807) is 0 Å². The minimum absolute atomic E-state index is 0.198. The van der Waals surface area contributed by atoms with Gasteiger partial charge in [0.25, 0.3) is 0 Å². The first-order chi connectivity index (χ1) is 15.1. The van der Waals surface area contributed by atoms with E-state index in [1.165, 1.54) is 33.4 Å². The molecular formula is C23H25F3N4O2. The van der Waals surface area contributed by atoms with Crippen molar-refractivity contribution in [3.8, 4) is 6.07 Å². The Morgan fingerprint density at radius 1 is 1.38 bits per heavy atom. The lowest BCUT2D eigenvalue weighted by Crippen LogP contribution is -2.22. The fourth-order valence-corrected chi connectivity index (χ4v) is 4.23. The molecule has 32 heavy (non-hydrogen) atoms. The number of nitrogens with zero attached hydrogens (tertiary/aromatic N) is 2. The van der Waals surface area contributed by atoms with E-state index < -0.39 is 12.1 Å². The molecule has 1 aliphatic heterocycles. The number of nitrogens with one attached hydrogen (secondary N) is 2. The quantitative estimate of drug-likeness (QED) is 0.533. The predicted molar refractivity (Wildman–Crippen MR) is 114 cm³/mol. The average Bonchev–Trinajstić information content (AvgIpc) is 3.44. The number of aromatic amines is 1. The molecule has 0 saturated heterocycles. The Morgan fingerprint density at radius 3 is 2.75 bits per heavy atom. The van der Waals surface area contributed by atoms with Crippen LogP contribution in [0.25, 0.3) is 10.9 Å². The summed E-state index contributed by atoms with van der Waals surface area (Å²) >= 11 is 0. The number of carboxylic acids is 1. The maximum atomic E-state index is 10.6. The second-order valence-electron chi connectivity index (χ2n) is 7.82. The minimum atomic E-state index is -5.08. The third-order valence-electron chi connectivity index (χ3n) is 5.74. The zero-order chi connectivity index (χ0) is 23.5. The molecule has 0 radical (unpaired) electrons. The number of hydrogen-bond donors (Lipinski definition) is 3. The van der Waals surface area contributed by atoms with Crippen LogP contribution < -0.4 is 5.32 Å². The number of rotatable bonds is 5. The van der Waals surface area contributed by atoms with Crippen LogP contribution in [0.2, 0.25) is 0 Å². The second kappa shape index (κ2) is 9.49. The molecule has 1 aliphatic rings. The van der Waals surface area contributed by atoms with E-state index in [0.29, 0.717) is 0 Å². The Labute approximate surface area is 183 Å². The number of fused-ring (bicyclic) bond motifs is 2. The van der Waals surface area contributed by atoms with E-state index in [9.17, 15) is 18.4 Å². The molecule has 0 saturated carbocycles. The second-order valence-corrected chi connectivity index (χ2v) is 7.82. The predicted octanol–water partition coefficient (Wildman–Crippen LogP) is 4.62. The Kier molecular flexibility index (Phi) is 6.94. The van der Waals surface area contributed by atoms with Gasteiger partial charge in [0.05, 0.1) is 5.56 Å². The molecule has 1 atom stereocenters. The number of nitriles is 1. The maximum Gasteiger partial charge on any atom is 0.490 e. The van der Waals surface area contributed by atoms with E-state index in [0.717, 1.165) is 37.9 Å². The molecule has 9 heteroatoms. The van der Waals surface area contributed by atoms with E-state index in [-0.39, 0.29) is 6.04 Å². The number of aliphatic carboxylic acids is 1. The molecular weight excluding hydrogens is 421 g/mol. The van der Waals surface area contributed by atoms with Crippen LogP contribution in [0.1, 0.15) is 47.5 Å². The SMILES string of the molecule is Cc1c(C(C)NCCc2ccc3[nH]ccc3c2)c(C#N)c2n1CCC2.O=C(O)C(F)(F)F. The van der Waals surface area contributed by atoms with E-state index in [2.05, 4.69) is 59.1 Å². The molecule has 0 fully saturated rings. The first kappa shape index (κ1) is 23.4. The van der Waals surface area contributed by atoms with E-state index in [1.807, 2.05) is 6.20 Å². The molecule has 0 spiro atoms. The number of halogens is 3. The summed E-state index contributed by atoms with van der Waals surface area (Å²) in [5, 5.41) is 21.6. The highest BCUT2D eigenvalue weighted by Gasteiger charge is 2.38. The summed E-state index contributed by atoms with van der Waals surface area (Å²) in [7, 11) is 0. The van der Waals surface area contributed by atoms with Gasteiger partial charge in [-0.3, -0.25) is 0 Å². The van der Waals surface area contributed by atoms with Crippen LogP contribution in [0.3, 0.4) is 0 Å². The summed E-state index contributed by atoms with van der Waals surface area (Å²) in [6, 6.07) is 11.3. The number of carboxylic acid groups (broad SMARTS) is 1. The van der Waals surface area contributed by atoms with Crippen LogP contribution in [-0.4, -0.2) is 33.3 Å². The Morgan fingerprint density at radius 2 is 2.09 bits per heavy atom. The van der Waals surface area contributed by atoms with Crippen LogP contribution in [-0.2, 0) is 24.2 Å². The highest BCUT2D eigenvalue weighted by molar-refractivity contribution is 5.79. The van der Waals surface area contributed by atoms with Gasteiger partial charge in [0, 0.05) is 41.3 Å². The number of benzene rings is 1. The summed E-state index contributed by atoms with van der Waals surface area (Å²) in [4.78, 5) is 12.1. The summed E-state index contributed by atoms with van der Waals surface area (Å²) in [6.07, 6.45) is 0.0783. The van der Waals surface area contributed by atoms with Crippen LogP contribution in [0.15, 0.2) is 30.5 Å². The summed E-state index contributed by atoms with van der Waals surface area (Å²) in [6.45, 7) is 6.29. The lowest BCUT2D eigenvalue weighted by Gasteiger charge is -2.16. The van der Waals surface area contributed by atoms with Gasteiger partial charge in [-0.2, -0.15) is 18.4 Å². The van der Waals surface area contributed by atoms with Crippen molar-refractivity contribution in [1.29, 1.82) is 5.26 Å². The van der Waals surface area contributed by atoms with Gasteiger partial charge in [0.1, 0.15) is 6.07 Å². The van der Waals surface area contributed by atoms with Crippen LogP contribution in [0.4, 0.5) is 13.2 Å². The molecule has 3 aromatic rings. The summed E-state index contributed by atoms with van der Waals surface area (Å²) in [5.74, 6) is -2.76. The first-order valence-electron chi connectivity index (χ1n) is 10.3. The Bertz CT molecular complexity index is 1150. The van der Waals surface area contributed by atoms with Gasteiger partial charge >= 0.3 is 12.1 Å². The minimum Gasteiger partial charge on any atom is -0.475 e. The van der Waals surface area contributed by atoms with E-state index in [4.69, 9.17) is 9.90 Å². The Hall–Kier alpha value is -3.25. The third kappa shape index (κ3) is 4.97. The van der Waals surface area contributed by atoms with Crippen molar-refractivity contribution in [3.63, 3.8) is 0 Å². The lowest BCUT2D eigenvalue weighted by atomic mass is 10.0. The molecule has 4 rings (SSSR count). The van der Waals surface area contributed by atoms with Gasteiger partial charge in [-0.25, -0.2) is 4.79 Å². The van der Waals surface area contributed by atoms with Gasteiger partial charge in [0.2, 0.25) is 0 Å². The maximum absolute atomic E-state index is 10.6. The standard InChI is InChI=1S/C21H24N4.C2HF3O2/c1-14(21-15(2)25-11-3-4-20(25)18(21)13-22)23-9-7-16-5-6-19-17(12-16)8-10-24-19;3-2(4,5)1(6)7/h5-6,8,10,12,14,23-24H,3-4,7,9,11H2,1-2H3;(H,6,7). The van der Waals surface area contributed by atoms with Gasteiger partial charge in [-0.05, 0) is 68.8 Å². The van der Waals surface area contributed by atoms with Gasteiger partial charge < -0.3 is 20.0 Å². The van der Waals surface area contributed by atoms with Crippen molar-refractivity contribution < 1.29 is 23.1 Å². The van der Waals surface area contributed by atoms with Crippen LogP contribution in [0.5, 0.6) is 0 Å². The fourth-order valence-electron chi connectivity index (χ4n) is 4.23. The topological polar surface area (TPSA) is 93.8 Å². The number of carbonyl (C=O) groups is 1. The molecule has 6 nitrogen and oxygen atoms in total. The number of H-pyrrole nitrogens is 1. The van der Waals surface area contributed by atoms with Gasteiger partial charge in [-0.15, -0.1) is 0 Å². The molecule has 3 heterocycles. The van der Waals surface area contributed by atoms with Crippen molar-refractivity contribution >= 4 is 16.9 Å². The van der Waals surface area contributed by atoms with Crippen molar-refractivity contribution in [1.82, 2.24) is 14.9 Å². The van der Waals surface area contributed by atoms with Crippen molar-refractivity contribution in [2.24, 2.45) is 0 Å². The molecule has 1 aromatic carbocycles. The van der Waals surface area contributed by atoms with Crippen molar-refractivity contribution in [2.45, 2.75) is 51.9 Å². The van der Waals surface area contributed by atoms with Crippen molar-refractivity contribution in [3.05, 3.63) is 58.5 Å². The molecule has 0 aliphatic carbocycles. The highest BCUT2D eigenvalue weighted by atomic mass is 19.4. The average molecular weight is 446 g/mol. The number of aromatic nitrogens is 2. The summed E-state index contributed by atoms with van der Waals surface area (Å²) in [5.41, 5.74) is 7.12. The molecule has 1 unspecified atom stereocenters. The summed E-state index contributed by atoms with van der Waals surface area (Å²) < 4.78 is 34.1. The number of alkyl halides is 3. The molecule has 0 amide bonds. The van der Waals surface area contributed by atoms with Gasteiger partial charge in [-0.1, -0.05) is 6.07 Å². The fraction of sp³-hybridized carbons (Fsp3) is 0.391. The lowest BCUT2D eigenvalue weighted by molar-refractivity contribution is -0.192. The third-order valence-corrected chi connectivity index (χ3v) is 5.74. The normalized spacial score (nSPS) is 13.9. The number of hydrogen-bond acceptors (Lipinski definition) is 3. The Balaban J connectivity index is 0.000000360. The smallest absolute Gasteiger partial charge is 0.475 e. The van der Waals surface area contributed by atoms with Gasteiger partial charge in [0.15, 0.2) is 0 Å². The molecule has 2 aromatic heterocycles. The van der Waals surface area contributed by atoms with Crippen LogP contribution in [0, 0.1) is 18.3 Å². The van der Waals surface area contributed by atoms with Crippen LogP contribution >= 0.6 is 0 Å². The monoisotopic (exact) mass is 446 g/mol. The first-order valence-corrected chi connectivity index (χ1v) is 10.3. The zero-order valence-electron chi connectivity index (χ0n) is 17.9. The molecule has 0 bridgehead atoms. The molecule has 3 N–H and O–H groups in total. The highest BCUT2D eigenvalue weighted by Crippen LogP contribution is 2.32. The largest absolute Gasteiger partial charge is 0.490 e. The molecule has 170 valence electrons. The van der Waals surface area contributed by atoms with E-state index >= 15 is 0 Å². The van der Waals surface area contributed by atoms with Crippen molar-refractivity contribution in [2.75, 3.05) is 6.54 Å². The zero-order valence-corrected chi connectivity index (χ0v) is 17.9.